The van der Waals surface area contributed by atoms with Gasteiger partial charge >= 0.3 is 6.03 Å². The zero-order valence-corrected chi connectivity index (χ0v) is 18.9. The quantitative estimate of drug-likeness (QED) is 0.596. The van der Waals surface area contributed by atoms with Crippen molar-refractivity contribution < 1.29 is 9.53 Å². The molecule has 0 saturated heterocycles. The Kier molecular flexibility index (Phi) is 5.78. The molecule has 0 fully saturated rings. The van der Waals surface area contributed by atoms with E-state index in [-0.39, 0.29) is 6.03 Å². The molecule has 7 nitrogen and oxygen atoms in total. The van der Waals surface area contributed by atoms with Crippen LogP contribution in [0.1, 0.15) is 17.7 Å². The van der Waals surface area contributed by atoms with E-state index in [1.54, 1.807) is 32.3 Å². The van der Waals surface area contributed by atoms with Gasteiger partial charge in [0.1, 0.15) is 11.4 Å². The molecule has 2 aromatic heterocycles. The topological polar surface area (TPSA) is 73.5 Å². The van der Waals surface area contributed by atoms with Crippen LogP contribution in [0.5, 0.6) is 5.75 Å². The van der Waals surface area contributed by atoms with Gasteiger partial charge in [0.2, 0.25) is 0 Å². The fourth-order valence-electron chi connectivity index (χ4n) is 3.79. The number of aryl methyl sites for hydroxylation is 1. The lowest BCUT2D eigenvalue weighted by atomic mass is 10.0. The number of ether oxygens (including phenoxy) is 1. The van der Waals surface area contributed by atoms with E-state index in [0.717, 1.165) is 40.1 Å². The van der Waals surface area contributed by atoms with Crippen molar-refractivity contribution in [1.82, 2.24) is 19.8 Å². The number of nitrogens with one attached hydrogen (secondary N) is 2. The second kappa shape index (κ2) is 8.51. The molecule has 0 unspecified atom stereocenters. The molecule has 0 spiro atoms. The molecule has 4 rings (SSSR count). The standard InChI is InChI=1S/C23H26ClN5O2/c1-14-11-16(12-20(31-4)21(14)24)26-18-5-8-25-22-17(18)13-19(27-22)15-6-9-29(10-7-15)23(30)28(2)3/h5-6,8,11-13H,7,9-10H2,1-4H3,(H2,25,26,27). The first-order chi connectivity index (χ1) is 14.9. The molecule has 1 aliphatic rings. The summed E-state index contributed by atoms with van der Waals surface area (Å²) in [5, 5.41) is 5.07. The van der Waals surface area contributed by atoms with Crippen LogP contribution in [0.2, 0.25) is 5.02 Å². The number of hydrogen-bond donors (Lipinski definition) is 2. The fraction of sp³-hybridized carbons (Fsp3) is 0.304. The summed E-state index contributed by atoms with van der Waals surface area (Å²) in [6.07, 6.45) is 4.68. The van der Waals surface area contributed by atoms with Gasteiger partial charge in [-0.15, -0.1) is 0 Å². The molecule has 3 aromatic rings. The second-order valence-corrected chi connectivity index (χ2v) is 8.22. The normalized spacial score (nSPS) is 13.8. The number of aromatic amines is 1. The largest absolute Gasteiger partial charge is 0.495 e. The number of benzene rings is 1. The smallest absolute Gasteiger partial charge is 0.319 e. The van der Waals surface area contributed by atoms with Gasteiger partial charge in [-0.2, -0.15) is 0 Å². The van der Waals surface area contributed by atoms with E-state index in [1.165, 1.54) is 5.57 Å². The van der Waals surface area contributed by atoms with Gasteiger partial charge < -0.3 is 24.8 Å². The lowest BCUT2D eigenvalue weighted by Gasteiger charge is -2.28. The highest BCUT2D eigenvalue weighted by Gasteiger charge is 2.20. The zero-order valence-electron chi connectivity index (χ0n) is 18.1. The molecule has 31 heavy (non-hydrogen) atoms. The highest BCUT2D eigenvalue weighted by Crippen LogP contribution is 2.35. The van der Waals surface area contributed by atoms with Crippen molar-refractivity contribution >= 4 is 45.6 Å². The summed E-state index contributed by atoms with van der Waals surface area (Å²) in [5.41, 5.74) is 5.80. The van der Waals surface area contributed by atoms with Gasteiger partial charge in [-0.1, -0.05) is 17.7 Å². The third kappa shape index (κ3) is 4.18. The molecule has 1 aromatic carbocycles. The minimum absolute atomic E-state index is 0.0359. The van der Waals surface area contributed by atoms with Gasteiger partial charge in [0, 0.05) is 56.2 Å². The van der Waals surface area contributed by atoms with E-state index in [4.69, 9.17) is 16.3 Å². The molecular formula is C23H26ClN5O2. The van der Waals surface area contributed by atoms with E-state index < -0.39 is 0 Å². The second-order valence-electron chi connectivity index (χ2n) is 7.84. The highest BCUT2D eigenvalue weighted by molar-refractivity contribution is 6.33. The van der Waals surface area contributed by atoms with Crippen LogP contribution < -0.4 is 10.1 Å². The van der Waals surface area contributed by atoms with E-state index in [2.05, 4.69) is 27.4 Å². The number of pyridine rings is 1. The maximum absolute atomic E-state index is 12.2. The Morgan fingerprint density at radius 3 is 2.81 bits per heavy atom. The molecule has 2 N–H and O–H groups in total. The van der Waals surface area contributed by atoms with Crippen molar-refractivity contribution in [2.45, 2.75) is 13.3 Å². The molecule has 0 atom stereocenters. The van der Waals surface area contributed by atoms with Gasteiger partial charge in [0.25, 0.3) is 0 Å². The van der Waals surface area contributed by atoms with E-state index in [9.17, 15) is 4.79 Å². The first-order valence-electron chi connectivity index (χ1n) is 10.1. The van der Waals surface area contributed by atoms with Crippen LogP contribution in [-0.2, 0) is 0 Å². The van der Waals surface area contributed by atoms with Crippen LogP contribution >= 0.6 is 11.6 Å². The third-order valence-corrected chi connectivity index (χ3v) is 5.94. The number of fused-ring (bicyclic) bond motifs is 1. The maximum atomic E-state index is 12.2. The molecular weight excluding hydrogens is 414 g/mol. The van der Waals surface area contributed by atoms with Crippen molar-refractivity contribution in [3.05, 3.63) is 52.8 Å². The number of carbonyl (C=O) groups excluding carboxylic acids is 1. The molecule has 0 aliphatic carbocycles. The lowest BCUT2D eigenvalue weighted by Crippen LogP contribution is -2.41. The Bertz CT molecular complexity index is 1170. The van der Waals surface area contributed by atoms with E-state index in [0.29, 0.717) is 23.9 Å². The minimum atomic E-state index is 0.0359. The van der Waals surface area contributed by atoms with Gasteiger partial charge in [-0.3, -0.25) is 0 Å². The molecule has 162 valence electrons. The SMILES string of the molecule is COc1cc(Nc2ccnc3[nH]c(C4=CCN(C(=O)N(C)C)CC4)cc23)cc(C)c1Cl. The van der Waals surface area contributed by atoms with E-state index in [1.807, 2.05) is 30.0 Å². The van der Waals surface area contributed by atoms with Gasteiger partial charge in [0.05, 0.1) is 17.8 Å². The van der Waals surface area contributed by atoms with Crippen LogP contribution in [0.4, 0.5) is 16.2 Å². The number of halogens is 1. The van der Waals surface area contributed by atoms with Gasteiger partial charge in [0.15, 0.2) is 0 Å². The number of rotatable bonds is 4. The number of aromatic nitrogens is 2. The van der Waals surface area contributed by atoms with Crippen LogP contribution in [0.15, 0.2) is 36.5 Å². The predicted octanol–water partition coefficient (Wildman–Crippen LogP) is 5.05. The predicted molar refractivity (Wildman–Crippen MR) is 125 cm³/mol. The Morgan fingerprint density at radius 1 is 1.32 bits per heavy atom. The summed E-state index contributed by atoms with van der Waals surface area (Å²) >= 11 is 6.30. The van der Waals surface area contributed by atoms with Crippen LogP contribution in [0.25, 0.3) is 16.6 Å². The summed E-state index contributed by atoms with van der Waals surface area (Å²) in [7, 11) is 5.16. The molecule has 0 radical (unpaired) electrons. The van der Waals surface area contributed by atoms with Crippen molar-refractivity contribution in [3.63, 3.8) is 0 Å². The molecule has 8 heteroatoms. The first-order valence-corrected chi connectivity index (χ1v) is 10.5. The monoisotopic (exact) mass is 439 g/mol. The summed E-state index contributed by atoms with van der Waals surface area (Å²) < 4.78 is 5.39. The maximum Gasteiger partial charge on any atom is 0.319 e. The molecule has 1 aliphatic heterocycles. The van der Waals surface area contributed by atoms with E-state index >= 15 is 0 Å². The summed E-state index contributed by atoms with van der Waals surface area (Å²) in [5.74, 6) is 0.633. The molecule has 3 heterocycles. The van der Waals surface area contributed by atoms with Crippen molar-refractivity contribution in [2.24, 2.45) is 0 Å². The Labute approximate surface area is 186 Å². The number of amides is 2. The summed E-state index contributed by atoms with van der Waals surface area (Å²) in [6, 6.07) is 7.97. The third-order valence-electron chi connectivity index (χ3n) is 5.46. The highest BCUT2D eigenvalue weighted by atomic mass is 35.5. The molecule has 0 saturated carbocycles. The van der Waals surface area contributed by atoms with Crippen LogP contribution in [0, 0.1) is 6.92 Å². The average Bonchev–Trinajstić information content (AvgIpc) is 3.21. The fourth-order valence-corrected chi connectivity index (χ4v) is 3.98. The van der Waals surface area contributed by atoms with Crippen molar-refractivity contribution in [1.29, 1.82) is 0 Å². The summed E-state index contributed by atoms with van der Waals surface area (Å²) in [4.78, 5) is 23.5. The van der Waals surface area contributed by atoms with Gasteiger partial charge in [-0.05, 0) is 42.7 Å². The number of hydrogen-bond acceptors (Lipinski definition) is 4. The van der Waals surface area contributed by atoms with Crippen molar-refractivity contribution in [2.75, 3.05) is 39.6 Å². The van der Waals surface area contributed by atoms with Crippen LogP contribution in [-0.4, -0.2) is 60.1 Å². The Hall–Kier alpha value is -3.19. The Morgan fingerprint density at radius 2 is 2.13 bits per heavy atom. The molecule has 0 bridgehead atoms. The number of H-pyrrole nitrogens is 1. The van der Waals surface area contributed by atoms with Gasteiger partial charge in [-0.25, -0.2) is 9.78 Å². The zero-order chi connectivity index (χ0) is 22.1. The number of nitrogens with zero attached hydrogens (tertiary/aromatic N) is 3. The van der Waals surface area contributed by atoms with Crippen LogP contribution in [0.3, 0.4) is 0 Å². The number of carbonyl (C=O) groups is 1. The average molecular weight is 440 g/mol. The van der Waals surface area contributed by atoms with Crippen molar-refractivity contribution in [3.8, 4) is 5.75 Å². The number of urea groups is 1. The number of anilines is 2. The number of methoxy groups -OCH3 is 1. The Balaban J connectivity index is 1.61. The minimum Gasteiger partial charge on any atom is -0.495 e. The molecule has 2 amide bonds. The lowest BCUT2D eigenvalue weighted by molar-refractivity contribution is 0.176. The summed E-state index contributed by atoms with van der Waals surface area (Å²) in [6.45, 7) is 3.25. The first kappa shape index (κ1) is 21.1.